The third-order valence-electron chi connectivity index (χ3n) is 3.83. The highest BCUT2D eigenvalue weighted by molar-refractivity contribution is 6.03. The van der Waals surface area contributed by atoms with E-state index in [2.05, 4.69) is 20.6 Å². The molecule has 0 fully saturated rings. The lowest BCUT2D eigenvalue weighted by molar-refractivity contribution is 0.0600. The van der Waals surface area contributed by atoms with Crippen LogP contribution in [0, 0.1) is 6.92 Å². The molecule has 2 aromatic carbocycles. The van der Waals surface area contributed by atoms with Gasteiger partial charge in [0.2, 0.25) is 0 Å². The van der Waals surface area contributed by atoms with Crippen molar-refractivity contribution >= 4 is 29.1 Å². The lowest BCUT2D eigenvalue weighted by atomic mass is 10.2. The van der Waals surface area contributed by atoms with Gasteiger partial charge in [-0.25, -0.2) is 14.8 Å². The molecule has 1 heterocycles. The van der Waals surface area contributed by atoms with E-state index in [0.717, 1.165) is 11.3 Å². The number of hydrogen-bond donors (Lipinski definition) is 2. The molecular formula is C20H18N4O3. The fourth-order valence-corrected chi connectivity index (χ4v) is 2.40. The van der Waals surface area contributed by atoms with E-state index in [4.69, 9.17) is 4.74 Å². The maximum atomic E-state index is 12.3. The van der Waals surface area contributed by atoms with Gasteiger partial charge in [-0.05, 0) is 36.8 Å². The summed E-state index contributed by atoms with van der Waals surface area (Å²) in [5.74, 6) is -0.312. The van der Waals surface area contributed by atoms with Crippen molar-refractivity contribution in [1.29, 1.82) is 0 Å². The van der Waals surface area contributed by atoms with Crippen molar-refractivity contribution in [2.45, 2.75) is 6.92 Å². The van der Waals surface area contributed by atoms with E-state index >= 15 is 0 Å². The number of amides is 1. The highest BCUT2D eigenvalue weighted by atomic mass is 16.5. The Balaban J connectivity index is 1.69. The third-order valence-corrected chi connectivity index (χ3v) is 3.83. The van der Waals surface area contributed by atoms with Gasteiger partial charge in [-0.15, -0.1) is 0 Å². The molecular weight excluding hydrogens is 344 g/mol. The number of para-hydroxylation sites is 1. The average molecular weight is 362 g/mol. The lowest BCUT2D eigenvalue weighted by Gasteiger charge is -2.09. The minimum absolute atomic E-state index is 0.201. The molecule has 2 N–H and O–H groups in total. The molecule has 0 saturated carbocycles. The summed E-state index contributed by atoms with van der Waals surface area (Å²) >= 11 is 0. The molecule has 0 aliphatic rings. The molecule has 0 unspecified atom stereocenters. The Kier molecular flexibility index (Phi) is 5.41. The predicted octanol–water partition coefficient (Wildman–Crippen LogP) is 3.57. The first-order valence-corrected chi connectivity index (χ1v) is 8.21. The van der Waals surface area contributed by atoms with E-state index in [9.17, 15) is 9.59 Å². The number of ether oxygens (including phenoxy) is 1. The zero-order valence-corrected chi connectivity index (χ0v) is 14.9. The summed E-state index contributed by atoms with van der Waals surface area (Å²) in [5, 5.41) is 5.84. The van der Waals surface area contributed by atoms with E-state index < -0.39 is 5.97 Å². The number of benzene rings is 2. The largest absolute Gasteiger partial charge is 0.465 e. The monoisotopic (exact) mass is 362 g/mol. The van der Waals surface area contributed by atoms with Crippen LogP contribution >= 0.6 is 0 Å². The second-order valence-electron chi connectivity index (χ2n) is 5.75. The van der Waals surface area contributed by atoms with Gasteiger partial charge in [-0.1, -0.05) is 24.3 Å². The summed E-state index contributed by atoms with van der Waals surface area (Å²) in [5.41, 5.74) is 2.97. The highest BCUT2D eigenvalue weighted by Gasteiger charge is 2.10. The Bertz CT molecular complexity index is 971. The quantitative estimate of drug-likeness (QED) is 0.674. The number of anilines is 3. The van der Waals surface area contributed by atoms with Crippen LogP contribution in [0.1, 0.15) is 26.4 Å². The fraction of sp³-hybridized carbons (Fsp3) is 0.100. The Morgan fingerprint density at radius 1 is 1.00 bits per heavy atom. The summed E-state index contributed by atoms with van der Waals surface area (Å²) in [6.07, 6.45) is 2.84. The molecule has 3 rings (SSSR count). The summed E-state index contributed by atoms with van der Waals surface area (Å²) in [7, 11) is 1.33. The van der Waals surface area contributed by atoms with E-state index in [1.165, 1.54) is 19.5 Å². The van der Waals surface area contributed by atoms with Crippen LogP contribution in [-0.2, 0) is 4.74 Å². The van der Waals surface area contributed by atoms with Crippen molar-refractivity contribution in [3.05, 3.63) is 77.7 Å². The van der Waals surface area contributed by atoms with Crippen LogP contribution in [0.25, 0.3) is 0 Å². The van der Waals surface area contributed by atoms with Crippen molar-refractivity contribution in [3.63, 3.8) is 0 Å². The van der Waals surface area contributed by atoms with Crippen molar-refractivity contribution in [2.24, 2.45) is 0 Å². The molecule has 1 aromatic heterocycles. The first-order chi connectivity index (χ1) is 13.1. The standard InChI is InChI=1S/C20H18N4O3/c1-13-6-3-4-9-16(13)24-19(25)17-11-22-18(12-21-17)23-15-8-5-7-14(10-15)20(26)27-2/h3-12H,1-2H3,(H,22,23)(H,24,25). The maximum Gasteiger partial charge on any atom is 0.337 e. The number of aromatic nitrogens is 2. The molecule has 1 amide bonds. The highest BCUT2D eigenvalue weighted by Crippen LogP contribution is 2.17. The van der Waals surface area contributed by atoms with Crippen molar-refractivity contribution in [1.82, 2.24) is 9.97 Å². The Morgan fingerprint density at radius 2 is 1.81 bits per heavy atom. The molecule has 3 aromatic rings. The van der Waals surface area contributed by atoms with Gasteiger partial charge < -0.3 is 15.4 Å². The molecule has 0 aliphatic carbocycles. The molecule has 7 nitrogen and oxygen atoms in total. The number of methoxy groups -OCH3 is 1. The first kappa shape index (κ1) is 18.1. The molecule has 0 aliphatic heterocycles. The number of esters is 1. The van der Waals surface area contributed by atoms with Crippen molar-refractivity contribution in [2.75, 3.05) is 17.7 Å². The van der Waals surface area contributed by atoms with Gasteiger partial charge >= 0.3 is 5.97 Å². The SMILES string of the molecule is COC(=O)c1cccc(Nc2cnc(C(=O)Nc3ccccc3C)cn2)c1. The normalized spacial score (nSPS) is 10.1. The number of hydrogen-bond acceptors (Lipinski definition) is 6. The number of rotatable bonds is 5. The van der Waals surface area contributed by atoms with Gasteiger partial charge in [0.25, 0.3) is 5.91 Å². The second kappa shape index (κ2) is 8.09. The second-order valence-corrected chi connectivity index (χ2v) is 5.75. The molecule has 0 bridgehead atoms. The number of carbonyl (C=O) groups excluding carboxylic acids is 2. The van der Waals surface area contributed by atoms with Crippen LogP contribution in [0.4, 0.5) is 17.2 Å². The van der Waals surface area contributed by atoms with Gasteiger partial charge in [0.05, 0.1) is 25.1 Å². The van der Waals surface area contributed by atoms with Gasteiger partial charge in [0, 0.05) is 11.4 Å². The molecule has 0 spiro atoms. The minimum Gasteiger partial charge on any atom is -0.465 e. The van der Waals surface area contributed by atoms with Crippen molar-refractivity contribution in [3.8, 4) is 0 Å². The van der Waals surface area contributed by atoms with E-state index in [1.54, 1.807) is 24.3 Å². The number of aryl methyl sites for hydroxylation is 1. The first-order valence-electron chi connectivity index (χ1n) is 8.21. The van der Waals surface area contributed by atoms with E-state index in [0.29, 0.717) is 17.1 Å². The summed E-state index contributed by atoms with van der Waals surface area (Å²) in [6, 6.07) is 14.3. The smallest absolute Gasteiger partial charge is 0.337 e. The molecule has 7 heteroatoms. The van der Waals surface area contributed by atoms with Crippen molar-refractivity contribution < 1.29 is 14.3 Å². The maximum absolute atomic E-state index is 12.3. The number of nitrogens with zero attached hydrogens (tertiary/aromatic N) is 2. The predicted molar refractivity (Wildman–Crippen MR) is 102 cm³/mol. The third kappa shape index (κ3) is 4.46. The molecule has 0 saturated heterocycles. The Hall–Kier alpha value is -3.74. The fourth-order valence-electron chi connectivity index (χ4n) is 2.40. The average Bonchev–Trinajstić information content (AvgIpc) is 2.70. The van der Waals surface area contributed by atoms with E-state index in [1.807, 2.05) is 31.2 Å². The van der Waals surface area contributed by atoms with Crippen LogP contribution < -0.4 is 10.6 Å². The zero-order valence-electron chi connectivity index (χ0n) is 14.9. The number of carbonyl (C=O) groups is 2. The van der Waals surface area contributed by atoms with E-state index in [-0.39, 0.29) is 11.6 Å². The van der Waals surface area contributed by atoms with Gasteiger partial charge in [-0.3, -0.25) is 4.79 Å². The Morgan fingerprint density at radius 3 is 2.52 bits per heavy atom. The summed E-state index contributed by atoms with van der Waals surface area (Å²) in [6.45, 7) is 1.91. The van der Waals surface area contributed by atoms with Crippen LogP contribution in [0.15, 0.2) is 60.9 Å². The van der Waals surface area contributed by atoms with Crippen LogP contribution in [-0.4, -0.2) is 29.0 Å². The topological polar surface area (TPSA) is 93.2 Å². The van der Waals surface area contributed by atoms with Crippen LogP contribution in [0.2, 0.25) is 0 Å². The number of nitrogens with one attached hydrogen (secondary N) is 2. The van der Waals surface area contributed by atoms with Crippen LogP contribution in [0.5, 0.6) is 0 Å². The zero-order chi connectivity index (χ0) is 19.2. The van der Waals surface area contributed by atoms with Gasteiger partial charge in [0.1, 0.15) is 11.5 Å². The molecule has 0 radical (unpaired) electrons. The molecule has 136 valence electrons. The lowest BCUT2D eigenvalue weighted by Crippen LogP contribution is -2.15. The summed E-state index contributed by atoms with van der Waals surface area (Å²) < 4.78 is 4.70. The molecule has 0 atom stereocenters. The minimum atomic E-state index is -0.423. The summed E-state index contributed by atoms with van der Waals surface area (Å²) in [4.78, 5) is 32.2. The van der Waals surface area contributed by atoms with Gasteiger partial charge in [0.15, 0.2) is 0 Å². The van der Waals surface area contributed by atoms with Gasteiger partial charge in [-0.2, -0.15) is 0 Å². The Labute approximate surface area is 156 Å². The van der Waals surface area contributed by atoms with Crippen LogP contribution in [0.3, 0.4) is 0 Å². The molecule has 27 heavy (non-hydrogen) atoms.